The largest absolute Gasteiger partial charge is 0.492 e. The van der Waals surface area contributed by atoms with Crippen LogP contribution in [0.25, 0.3) is 0 Å². The monoisotopic (exact) mass is 263 g/mol. The minimum absolute atomic E-state index is 0.588. The summed E-state index contributed by atoms with van der Waals surface area (Å²) in [7, 11) is 0. The van der Waals surface area contributed by atoms with Crippen molar-refractivity contribution in [3.8, 4) is 5.75 Å². The van der Waals surface area contributed by atoms with Crippen molar-refractivity contribution in [2.24, 2.45) is 0 Å². The Bertz CT molecular complexity index is 321. The van der Waals surface area contributed by atoms with Crippen molar-refractivity contribution >= 4 is 0 Å². The lowest BCUT2D eigenvalue weighted by Gasteiger charge is -2.13. The van der Waals surface area contributed by atoms with E-state index in [1.807, 2.05) is 0 Å². The van der Waals surface area contributed by atoms with E-state index in [1.165, 1.54) is 37.7 Å². The predicted molar refractivity (Wildman–Crippen MR) is 82.9 cm³/mol. The first-order valence-corrected chi connectivity index (χ1v) is 7.71. The molecular weight excluding hydrogens is 234 g/mol. The summed E-state index contributed by atoms with van der Waals surface area (Å²) in [5.74, 6) is 0.977. The fourth-order valence-corrected chi connectivity index (χ4v) is 2.14. The summed E-state index contributed by atoms with van der Waals surface area (Å²) in [5, 5.41) is 3.47. The molecule has 1 rings (SSSR count). The Hall–Kier alpha value is -1.02. The van der Waals surface area contributed by atoms with E-state index in [9.17, 15) is 0 Å². The number of nitrogens with one attached hydrogen (secondary N) is 1. The molecule has 0 fully saturated rings. The Kier molecular flexibility index (Phi) is 8.31. The van der Waals surface area contributed by atoms with Gasteiger partial charge >= 0.3 is 0 Å². The first-order valence-electron chi connectivity index (χ1n) is 7.71. The number of unbranched alkanes of at least 4 members (excludes halogenated alkanes) is 1. The smallest absolute Gasteiger partial charge is 0.119 e. The molecule has 0 saturated heterocycles. The topological polar surface area (TPSA) is 21.3 Å². The van der Waals surface area contributed by atoms with Gasteiger partial charge in [-0.2, -0.15) is 0 Å². The molecule has 2 heteroatoms. The van der Waals surface area contributed by atoms with Gasteiger partial charge < -0.3 is 10.1 Å². The molecular formula is C17H29NO. The molecule has 19 heavy (non-hydrogen) atoms. The van der Waals surface area contributed by atoms with Crippen LogP contribution in [0.15, 0.2) is 24.3 Å². The molecule has 108 valence electrons. The Morgan fingerprint density at radius 1 is 1.11 bits per heavy atom. The van der Waals surface area contributed by atoms with Crippen molar-refractivity contribution in [2.75, 3.05) is 13.2 Å². The van der Waals surface area contributed by atoms with E-state index in [-0.39, 0.29) is 0 Å². The molecule has 0 aromatic heterocycles. The standard InChI is InChI=1S/C17H29NO/c1-4-6-8-16-9-11-17(12-10-16)19-14-13-18-15(3)7-5-2/h9-12,15,18H,4-8,13-14H2,1-3H3. The molecule has 1 aromatic rings. The molecule has 0 radical (unpaired) electrons. The molecule has 1 unspecified atom stereocenters. The number of aryl methyl sites for hydroxylation is 1. The van der Waals surface area contributed by atoms with Crippen molar-refractivity contribution in [3.63, 3.8) is 0 Å². The van der Waals surface area contributed by atoms with Crippen molar-refractivity contribution in [2.45, 2.75) is 58.9 Å². The maximum Gasteiger partial charge on any atom is 0.119 e. The van der Waals surface area contributed by atoms with E-state index in [0.717, 1.165) is 18.9 Å². The third kappa shape index (κ3) is 7.22. The van der Waals surface area contributed by atoms with Gasteiger partial charge in [0.15, 0.2) is 0 Å². The van der Waals surface area contributed by atoms with Crippen LogP contribution in [-0.2, 0) is 6.42 Å². The summed E-state index contributed by atoms with van der Waals surface area (Å²) in [4.78, 5) is 0. The van der Waals surface area contributed by atoms with E-state index in [4.69, 9.17) is 4.74 Å². The summed E-state index contributed by atoms with van der Waals surface area (Å²) in [6.45, 7) is 8.33. The molecule has 0 spiro atoms. The van der Waals surface area contributed by atoms with Gasteiger partial charge in [-0.3, -0.25) is 0 Å². The Labute approximate surface area is 118 Å². The first kappa shape index (κ1) is 16.0. The zero-order chi connectivity index (χ0) is 13.9. The highest BCUT2D eigenvalue weighted by Crippen LogP contribution is 2.13. The molecule has 1 atom stereocenters. The van der Waals surface area contributed by atoms with Crippen LogP contribution in [-0.4, -0.2) is 19.2 Å². The van der Waals surface area contributed by atoms with Gasteiger partial charge in [0.05, 0.1) is 0 Å². The molecule has 0 heterocycles. The summed E-state index contributed by atoms with van der Waals surface area (Å²) in [6, 6.07) is 9.11. The minimum Gasteiger partial charge on any atom is -0.492 e. The highest BCUT2D eigenvalue weighted by Gasteiger charge is 1.99. The van der Waals surface area contributed by atoms with Gasteiger partial charge in [-0.25, -0.2) is 0 Å². The number of rotatable bonds is 10. The van der Waals surface area contributed by atoms with Crippen LogP contribution in [0.5, 0.6) is 5.75 Å². The second-order valence-corrected chi connectivity index (χ2v) is 5.24. The summed E-state index contributed by atoms with van der Waals surface area (Å²) < 4.78 is 5.73. The molecule has 0 aliphatic rings. The highest BCUT2D eigenvalue weighted by molar-refractivity contribution is 5.27. The molecule has 0 bridgehead atoms. The van der Waals surface area contributed by atoms with Crippen molar-refractivity contribution in [1.82, 2.24) is 5.32 Å². The van der Waals surface area contributed by atoms with Gasteiger partial charge in [-0.1, -0.05) is 38.8 Å². The zero-order valence-electron chi connectivity index (χ0n) is 12.7. The van der Waals surface area contributed by atoms with Gasteiger partial charge in [-0.15, -0.1) is 0 Å². The molecule has 1 aromatic carbocycles. The average molecular weight is 263 g/mol. The number of benzene rings is 1. The van der Waals surface area contributed by atoms with E-state index in [0.29, 0.717) is 6.04 Å². The minimum atomic E-state index is 0.588. The second-order valence-electron chi connectivity index (χ2n) is 5.24. The zero-order valence-corrected chi connectivity index (χ0v) is 12.7. The fourth-order valence-electron chi connectivity index (χ4n) is 2.14. The number of ether oxygens (including phenoxy) is 1. The second kappa shape index (κ2) is 9.85. The Morgan fingerprint density at radius 3 is 2.47 bits per heavy atom. The third-order valence-corrected chi connectivity index (χ3v) is 3.33. The number of hydrogen-bond acceptors (Lipinski definition) is 2. The van der Waals surface area contributed by atoms with Crippen LogP contribution in [0.3, 0.4) is 0 Å². The number of hydrogen-bond donors (Lipinski definition) is 1. The van der Waals surface area contributed by atoms with Crippen LogP contribution in [0.1, 0.15) is 52.0 Å². The SMILES string of the molecule is CCCCc1ccc(OCCNC(C)CCC)cc1. The van der Waals surface area contributed by atoms with Crippen LogP contribution in [0.4, 0.5) is 0 Å². The van der Waals surface area contributed by atoms with Gasteiger partial charge in [0.1, 0.15) is 12.4 Å². The van der Waals surface area contributed by atoms with Gasteiger partial charge in [0, 0.05) is 12.6 Å². The first-order chi connectivity index (χ1) is 9.26. The van der Waals surface area contributed by atoms with Crippen molar-refractivity contribution in [3.05, 3.63) is 29.8 Å². The molecule has 0 aliphatic heterocycles. The van der Waals surface area contributed by atoms with E-state index in [1.54, 1.807) is 0 Å². The molecule has 0 saturated carbocycles. The lowest BCUT2D eigenvalue weighted by atomic mass is 10.1. The van der Waals surface area contributed by atoms with Crippen LogP contribution < -0.4 is 10.1 Å². The summed E-state index contributed by atoms with van der Waals surface area (Å²) in [5.41, 5.74) is 1.41. The fraction of sp³-hybridized carbons (Fsp3) is 0.647. The van der Waals surface area contributed by atoms with Crippen molar-refractivity contribution < 1.29 is 4.74 Å². The van der Waals surface area contributed by atoms with E-state index in [2.05, 4.69) is 50.4 Å². The van der Waals surface area contributed by atoms with Gasteiger partial charge in [0.25, 0.3) is 0 Å². The lowest BCUT2D eigenvalue weighted by molar-refractivity contribution is 0.305. The molecule has 0 amide bonds. The maximum atomic E-state index is 5.73. The van der Waals surface area contributed by atoms with Crippen LogP contribution in [0.2, 0.25) is 0 Å². The average Bonchev–Trinajstić information content (AvgIpc) is 2.43. The molecule has 2 nitrogen and oxygen atoms in total. The van der Waals surface area contributed by atoms with E-state index >= 15 is 0 Å². The molecule has 0 aliphatic carbocycles. The molecule has 1 N–H and O–H groups in total. The van der Waals surface area contributed by atoms with Gasteiger partial charge in [-0.05, 0) is 43.9 Å². The summed E-state index contributed by atoms with van der Waals surface area (Å²) >= 11 is 0. The maximum absolute atomic E-state index is 5.73. The quantitative estimate of drug-likeness (QED) is 0.639. The lowest BCUT2D eigenvalue weighted by Crippen LogP contribution is -2.29. The predicted octanol–water partition coefficient (Wildman–Crippen LogP) is 4.19. The van der Waals surface area contributed by atoms with E-state index < -0.39 is 0 Å². The van der Waals surface area contributed by atoms with Gasteiger partial charge in [0.2, 0.25) is 0 Å². The normalized spacial score (nSPS) is 12.4. The van der Waals surface area contributed by atoms with Crippen LogP contribution >= 0.6 is 0 Å². The van der Waals surface area contributed by atoms with Crippen LogP contribution in [0, 0.1) is 0 Å². The van der Waals surface area contributed by atoms with Crippen molar-refractivity contribution in [1.29, 1.82) is 0 Å². The third-order valence-electron chi connectivity index (χ3n) is 3.33. The Balaban J connectivity index is 2.19. The Morgan fingerprint density at radius 2 is 1.84 bits per heavy atom. The summed E-state index contributed by atoms with van der Waals surface area (Å²) in [6.07, 6.45) is 6.15. The highest BCUT2D eigenvalue weighted by atomic mass is 16.5.